The number of alkyl halides is 4. The van der Waals surface area contributed by atoms with Crippen molar-refractivity contribution in [2.24, 2.45) is 0 Å². The largest absolute Gasteiger partial charge is 0.408 e. The van der Waals surface area contributed by atoms with Gasteiger partial charge in [-0.05, 0) is 6.92 Å². The summed E-state index contributed by atoms with van der Waals surface area (Å²) in [6.07, 6.45) is -3.28. The molecule has 0 bridgehead atoms. The molecule has 0 radical (unpaired) electrons. The summed E-state index contributed by atoms with van der Waals surface area (Å²) in [6.45, 7) is 2.29. The van der Waals surface area contributed by atoms with Crippen LogP contribution >= 0.6 is 22.6 Å². The molecular formula is C8H11F3IN3O. The molecular weight excluding hydrogens is 338 g/mol. The quantitative estimate of drug-likeness (QED) is 0.619. The normalized spacial score (nSPS) is 16.1. The van der Waals surface area contributed by atoms with Crippen molar-refractivity contribution in [3.63, 3.8) is 0 Å². The fourth-order valence-electron chi connectivity index (χ4n) is 1.13. The second kappa shape index (κ2) is 4.76. The highest BCUT2D eigenvalue weighted by Gasteiger charge is 2.30. The average Bonchev–Trinajstić information content (AvgIpc) is 2.44. The Bertz CT molecular complexity index is 409. The molecule has 0 aliphatic carbocycles. The molecule has 1 aromatic heterocycles. The molecule has 0 N–H and O–H groups in total. The van der Waals surface area contributed by atoms with Gasteiger partial charge in [-0.2, -0.15) is 18.3 Å². The van der Waals surface area contributed by atoms with Gasteiger partial charge in [-0.3, -0.25) is 4.57 Å². The monoisotopic (exact) mass is 349 g/mol. The standard InChI is InChI=1S/C8H11F3IN3O/c1-5(12)6(2)14-4-13-15(7(14)16)3-8(9,10)11/h4-6H,3H2,1-2H3/t5-,6?/m0/s1. The van der Waals surface area contributed by atoms with Gasteiger partial charge in [-0.25, -0.2) is 9.48 Å². The van der Waals surface area contributed by atoms with Gasteiger partial charge in [0.15, 0.2) is 0 Å². The van der Waals surface area contributed by atoms with Crippen molar-refractivity contribution in [3.8, 4) is 0 Å². The maximum Gasteiger partial charge on any atom is 0.408 e. The van der Waals surface area contributed by atoms with E-state index in [0.717, 1.165) is 6.33 Å². The summed E-state index contributed by atoms with van der Waals surface area (Å²) < 4.78 is 38.0. The number of halogens is 4. The summed E-state index contributed by atoms with van der Waals surface area (Å²) in [6, 6.07) is -0.185. The molecule has 1 unspecified atom stereocenters. The fourth-order valence-corrected chi connectivity index (χ4v) is 1.48. The molecule has 0 spiro atoms. The Labute approximate surface area is 104 Å². The van der Waals surface area contributed by atoms with E-state index >= 15 is 0 Å². The van der Waals surface area contributed by atoms with Crippen molar-refractivity contribution in [2.75, 3.05) is 0 Å². The zero-order valence-corrected chi connectivity index (χ0v) is 10.9. The predicted molar refractivity (Wildman–Crippen MR) is 60.7 cm³/mol. The number of rotatable bonds is 3. The lowest BCUT2D eigenvalue weighted by Gasteiger charge is -2.13. The third kappa shape index (κ3) is 3.22. The minimum Gasteiger partial charge on any atom is -0.278 e. The first kappa shape index (κ1) is 13.5. The third-order valence-electron chi connectivity index (χ3n) is 2.19. The molecule has 0 aliphatic rings. The second-order valence-electron chi connectivity index (χ2n) is 3.51. The van der Waals surface area contributed by atoms with Crippen molar-refractivity contribution < 1.29 is 13.2 Å². The highest BCUT2D eigenvalue weighted by molar-refractivity contribution is 14.1. The van der Waals surface area contributed by atoms with Crippen molar-refractivity contribution in [3.05, 3.63) is 16.8 Å². The number of hydrogen-bond donors (Lipinski definition) is 0. The van der Waals surface area contributed by atoms with Crippen molar-refractivity contribution in [1.82, 2.24) is 14.3 Å². The molecule has 16 heavy (non-hydrogen) atoms. The predicted octanol–water partition coefficient (Wildman–Crippen LogP) is 1.99. The minimum absolute atomic E-state index is 0.124. The van der Waals surface area contributed by atoms with Crippen LogP contribution in [0.2, 0.25) is 0 Å². The zero-order valence-electron chi connectivity index (χ0n) is 8.70. The molecule has 8 heteroatoms. The molecule has 1 rings (SSSR count). The summed E-state index contributed by atoms with van der Waals surface area (Å²) in [5.41, 5.74) is -0.728. The topological polar surface area (TPSA) is 39.8 Å². The first-order valence-corrected chi connectivity index (χ1v) is 5.81. The Morgan fingerprint density at radius 2 is 2.06 bits per heavy atom. The molecule has 0 saturated carbocycles. The Hall–Kier alpha value is -0.540. The van der Waals surface area contributed by atoms with Crippen molar-refractivity contribution in [2.45, 2.75) is 36.5 Å². The van der Waals surface area contributed by atoms with Crippen LogP contribution in [0, 0.1) is 0 Å². The van der Waals surface area contributed by atoms with Crippen molar-refractivity contribution in [1.29, 1.82) is 0 Å². The van der Waals surface area contributed by atoms with Crippen LogP contribution in [0.3, 0.4) is 0 Å². The van der Waals surface area contributed by atoms with E-state index in [0.29, 0.717) is 4.68 Å². The van der Waals surface area contributed by atoms with Gasteiger partial charge in [-0.1, -0.05) is 29.5 Å². The van der Waals surface area contributed by atoms with E-state index in [-0.39, 0.29) is 9.97 Å². The van der Waals surface area contributed by atoms with Crippen LogP contribution in [0.5, 0.6) is 0 Å². The van der Waals surface area contributed by atoms with Crippen LogP contribution < -0.4 is 5.69 Å². The minimum atomic E-state index is -4.43. The van der Waals surface area contributed by atoms with Gasteiger partial charge in [0, 0.05) is 9.97 Å². The Morgan fingerprint density at radius 3 is 2.50 bits per heavy atom. The van der Waals surface area contributed by atoms with Crippen LogP contribution in [0.15, 0.2) is 11.1 Å². The molecule has 92 valence electrons. The van der Waals surface area contributed by atoms with E-state index in [1.165, 1.54) is 4.57 Å². The summed E-state index contributed by atoms with van der Waals surface area (Å²) in [5, 5.41) is 3.45. The summed E-state index contributed by atoms with van der Waals surface area (Å²) in [7, 11) is 0. The van der Waals surface area contributed by atoms with Gasteiger partial charge in [0.1, 0.15) is 12.9 Å². The highest BCUT2D eigenvalue weighted by Crippen LogP contribution is 2.18. The van der Waals surface area contributed by atoms with Crippen molar-refractivity contribution >= 4 is 22.6 Å². The lowest BCUT2D eigenvalue weighted by molar-refractivity contribution is -0.143. The number of aromatic nitrogens is 3. The Balaban J connectivity index is 2.98. The molecule has 1 heterocycles. The first-order chi connectivity index (χ1) is 7.22. The van der Waals surface area contributed by atoms with Crippen LogP contribution in [0.4, 0.5) is 13.2 Å². The van der Waals surface area contributed by atoms with E-state index in [1.807, 2.05) is 6.92 Å². The maximum absolute atomic E-state index is 12.1. The molecule has 4 nitrogen and oxygen atoms in total. The van der Waals surface area contributed by atoms with Gasteiger partial charge in [0.25, 0.3) is 0 Å². The lowest BCUT2D eigenvalue weighted by Crippen LogP contribution is -2.33. The smallest absolute Gasteiger partial charge is 0.278 e. The zero-order chi connectivity index (χ0) is 12.5. The highest BCUT2D eigenvalue weighted by atomic mass is 127. The van der Waals surface area contributed by atoms with Crippen LogP contribution in [0.1, 0.15) is 19.9 Å². The molecule has 0 fully saturated rings. The van der Waals surface area contributed by atoms with Gasteiger partial charge in [0.05, 0.1) is 0 Å². The van der Waals surface area contributed by atoms with Gasteiger partial charge in [-0.15, -0.1) is 0 Å². The van der Waals surface area contributed by atoms with Crippen LogP contribution in [-0.4, -0.2) is 24.4 Å². The van der Waals surface area contributed by atoms with Gasteiger partial charge < -0.3 is 0 Å². The Morgan fingerprint density at radius 1 is 1.50 bits per heavy atom. The van der Waals surface area contributed by atoms with Crippen LogP contribution in [-0.2, 0) is 6.54 Å². The number of hydrogen-bond acceptors (Lipinski definition) is 2. The van der Waals surface area contributed by atoms with E-state index in [1.54, 1.807) is 6.92 Å². The molecule has 0 saturated heterocycles. The van der Waals surface area contributed by atoms with E-state index in [4.69, 9.17) is 0 Å². The first-order valence-electron chi connectivity index (χ1n) is 4.57. The maximum atomic E-state index is 12.1. The fraction of sp³-hybridized carbons (Fsp3) is 0.750. The SMILES string of the molecule is CC([C@H](C)I)n1cnn(CC(F)(F)F)c1=O. The summed E-state index contributed by atoms with van der Waals surface area (Å²) in [4.78, 5) is 11.6. The van der Waals surface area contributed by atoms with E-state index < -0.39 is 18.4 Å². The Kier molecular flexibility index (Phi) is 4.02. The van der Waals surface area contributed by atoms with Gasteiger partial charge >= 0.3 is 11.9 Å². The average molecular weight is 349 g/mol. The van der Waals surface area contributed by atoms with E-state index in [9.17, 15) is 18.0 Å². The lowest BCUT2D eigenvalue weighted by atomic mass is 10.3. The third-order valence-corrected chi connectivity index (χ3v) is 3.23. The molecule has 0 aliphatic heterocycles. The molecule has 0 amide bonds. The molecule has 1 aromatic rings. The van der Waals surface area contributed by atoms with E-state index in [2.05, 4.69) is 27.7 Å². The molecule has 0 aromatic carbocycles. The number of nitrogens with zero attached hydrogens (tertiary/aromatic N) is 3. The van der Waals surface area contributed by atoms with Crippen LogP contribution in [0.25, 0.3) is 0 Å². The summed E-state index contributed by atoms with van der Waals surface area (Å²) >= 11 is 2.11. The van der Waals surface area contributed by atoms with Gasteiger partial charge in [0.2, 0.25) is 0 Å². The second-order valence-corrected chi connectivity index (χ2v) is 5.48. The molecule has 2 atom stereocenters. The summed E-state index contributed by atoms with van der Waals surface area (Å²) in [5.74, 6) is 0.